The van der Waals surface area contributed by atoms with Gasteiger partial charge < -0.3 is 10.6 Å². The SMILES string of the molecule is O=C(CSc1ccc(NC(=O)c2cccs2)cc1)Nc1cccc(Cl)c1Cl. The summed E-state index contributed by atoms with van der Waals surface area (Å²) in [6.07, 6.45) is 0. The third-order valence-corrected chi connectivity index (χ3v) is 6.15. The molecule has 3 rings (SSSR count). The molecule has 0 aliphatic rings. The first-order valence-electron chi connectivity index (χ1n) is 7.84. The van der Waals surface area contributed by atoms with Crippen LogP contribution in [0.1, 0.15) is 9.67 Å². The summed E-state index contributed by atoms with van der Waals surface area (Å²) in [5.74, 6) is -0.0913. The van der Waals surface area contributed by atoms with Crippen LogP contribution < -0.4 is 10.6 Å². The van der Waals surface area contributed by atoms with E-state index in [1.165, 1.54) is 23.1 Å². The number of thiophene rings is 1. The summed E-state index contributed by atoms with van der Waals surface area (Å²) in [5.41, 5.74) is 1.19. The van der Waals surface area contributed by atoms with Crippen LogP contribution in [0, 0.1) is 0 Å². The number of amides is 2. The molecule has 0 fully saturated rings. The van der Waals surface area contributed by atoms with Crippen LogP contribution in [0.4, 0.5) is 11.4 Å². The summed E-state index contributed by atoms with van der Waals surface area (Å²) in [6, 6.07) is 16.0. The maximum atomic E-state index is 12.1. The number of anilines is 2. The van der Waals surface area contributed by atoms with Gasteiger partial charge in [-0.3, -0.25) is 9.59 Å². The van der Waals surface area contributed by atoms with E-state index in [1.54, 1.807) is 36.4 Å². The Morgan fingerprint density at radius 3 is 2.44 bits per heavy atom. The molecule has 3 aromatic rings. The van der Waals surface area contributed by atoms with Gasteiger partial charge in [0.2, 0.25) is 5.91 Å². The van der Waals surface area contributed by atoms with Crippen LogP contribution in [-0.2, 0) is 4.79 Å². The van der Waals surface area contributed by atoms with Gasteiger partial charge in [-0.15, -0.1) is 23.1 Å². The molecule has 0 aliphatic heterocycles. The van der Waals surface area contributed by atoms with Crippen molar-refractivity contribution >= 4 is 69.5 Å². The van der Waals surface area contributed by atoms with E-state index in [4.69, 9.17) is 23.2 Å². The molecule has 1 aromatic heterocycles. The van der Waals surface area contributed by atoms with Crippen LogP contribution in [0.5, 0.6) is 0 Å². The zero-order valence-corrected chi connectivity index (χ0v) is 17.0. The zero-order valence-electron chi connectivity index (χ0n) is 13.9. The van der Waals surface area contributed by atoms with Crippen LogP contribution in [0.15, 0.2) is 64.9 Å². The van der Waals surface area contributed by atoms with E-state index in [2.05, 4.69) is 10.6 Å². The highest BCUT2D eigenvalue weighted by atomic mass is 35.5. The largest absolute Gasteiger partial charge is 0.324 e. The monoisotopic (exact) mass is 436 g/mol. The summed E-state index contributed by atoms with van der Waals surface area (Å²) in [4.78, 5) is 25.7. The molecule has 2 amide bonds. The molecule has 0 saturated heterocycles. The molecule has 0 radical (unpaired) electrons. The lowest BCUT2D eigenvalue weighted by molar-refractivity contribution is -0.113. The second-order valence-corrected chi connectivity index (χ2v) is 8.18. The van der Waals surface area contributed by atoms with Crippen molar-refractivity contribution in [3.8, 4) is 0 Å². The number of carbonyl (C=O) groups is 2. The molecule has 0 aliphatic carbocycles. The molecular weight excluding hydrogens is 423 g/mol. The van der Waals surface area contributed by atoms with Gasteiger partial charge in [0, 0.05) is 10.6 Å². The van der Waals surface area contributed by atoms with Gasteiger partial charge in [0.05, 0.1) is 26.4 Å². The highest BCUT2D eigenvalue weighted by Gasteiger charge is 2.10. The Balaban J connectivity index is 1.51. The van der Waals surface area contributed by atoms with Crippen LogP contribution in [0.3, 0.4) is 0 Å². The summed E-state index contributed by atoms with van der Waals surface area (Å²) >= 11 is 14.8. The molecule has 0 saturated carbocycles. The standard InChI is InChI=1S/C19H14Cl2N2O2S2/c20-14-3-1-4-15(18(14)21)23-17(24)11-27-13-8-6-12(7-9-13)22-19(25)16-5-2-10-26-16/h1-10H,11H2,(H,22,25)(H,23,24). The quantitative estimate of drug-likeness (QED) is 0.463. The molecule has 4 nitrogen and oxygen atoms in total. The number of halogens is 2. The van der Waals surface area contributed by atoms with E-state index in [-0.39, 0.29) is 17.6 Å². The molecule has 0 bridgehead atoms. The Hall–Kier alpha value is -1.99. The number of thioether (sulfide) groups is 1. The van der Waals surface area contributed by atoms with E-state index in [0.717, 1.165) is 4.90 Å². The molecule has 0 atom stereocenters. The normalized spacial score (nSPS) is 10.4. The Labute approximate surface area is 174 Å². The summed E-state index contributed by atoms with van der Waals surface area (Å²) in [5, 5.41) is 8.15. The summed E-state index contributed by atoms with van der Waals surface area (Å²) in [7, 11) is 0. The van der Waals surface area contributed by atoms with Crippen molar-refractivity contribution in [2.24, 2.45) is 0 Å². The molecule has 0 spiro atoms. The van der Waals surface area contributed by atoms with Crippen molar-refractivity contribution < 1.29 is 9.59 Å². The van der Waals surface area contributed by atoms with E-state index in [0.29, 0.717) is 26.3 Å². The molecule has 8 heteroatoms. The Bertz CT molecular complexity index is 945. The van der Waals surface area contributed by atoms with Gasteiger partial charge in [0.15, 0.2) is 0 Å². The Morgan fingerprint density at radius 2 is 1.74 bits per heavy atom. The van der Waals surface area contributed by atoms with Crippen molar-refractivity contribution in [2.75, 3.05) is 16.4 Å². The van der Waals surface area contributed by atoms with E-state index in [1.807, 2.05) is 23.6 Å². The third kappa shape index (κ3) is 5.49. The van der Waals surface area contributed by atoms with Gasteiger partial charge in [0.25, 0.3) is 5.91 Å². The van der Waals surface area contributed by atoms with E-state index < -0.39 is 0 Å². The van der Waals surface area contributed by atoms with Gasteiger partial charge in [-0.25, -0.2) is 0 Å². The predicted molar refractivity (Wildman–Crippen MR) is 115 cm³/mol. The molecule has 1 heterocycles. The number of nitrogens with one attached hydrogen (secondary N) is 2. The van der Waals surface area contributed by atoms with E-state index >= 15 is 0 Å². The highest BCUT2D eigenvalue weighted by Crippen LogP contribution is 2.30. The first-order chi connectivity index (χ1) is 13.0. The first kappa shape index (κ1) is 19.8. The number of hydrogen-bond acceptors (Lipinski definition) is 4. The van der Waals surface area contributed by atoms with Gasteiger partial charge in [0.1, 0.15) is 0 Å². The number of carbonyl (C=O) groups excluding carboxylic acids is 2. The van der Waals surface area contributed by atoms with E-state index in [9.17, 15) is 9.59 Å². The van der Waals surface area contributed by atoms with Crippen LogP contribution in [0.2, 0.25) is 10.0 Å². The van der Waals surface area contributed by atoms with Crippen LogP contribution in [-0.4, -0.2) is 17.6 Å². The zero-order chi connectivity index (χ0) is 19.2. The number of rotatable bonds is 6. The minimum absolute atomic E-state index is 0.136. The molecule has 2 N–H and O–H groups in total. The minimum Gasteiger partial charge on any atom is -0.324 e. The second kappa shape index (κ2) is 9.28. The predicted octanol–water partition coefficient (Wildman–Crippen LogP) is 6.04. The second-order valence-electron chi connectivity index (χ2n) is 5.39. The average molecular weight is 437 g/mol. The lowest BCUT2D eigenvalue weighted by Crippen LogP contribution is -2.14. The van der Waals surface area contributed by atoms with Gasteiger partial charge >= 0.3 is 0 Å². The third-order valence-electron chi connectivity index (χ3n) is 3.45. The maximum absolute atomic E-state index is 12.1. The molecule has 0 unspecified atom stereocenters. The Kier molecular flexibility index (Phi) is 6.79. The first-order valence-corrected chi connectivity index (χ1v) is 10.5. The fraction of sp³-hybridized carbons (Fsp3) is 0.0526. The van der Waals surface area contributed by atoms with Crippen LogP contribution >= 0.6 is 46.3 Å². The minimum atomic E-state index is -0.181. The van der Waals surface area contributed by atoms with Crippen molar-refractivity contribution in [3.63, 3.8) is 0 Å². The average Bonchev–Trinajstić information content (AvgIpc) is 3.20. The van der Waals surface area contributed by atoms with Gasteiger partial charge in [-0.2, -0.15) is 0 Å². The lowest BCUT2D eigenvalue weighted by atomic mass is 10.3. The summed E-state index contributed by atoms with van der Waals surface area (Å²) in [6.45, 7) is 0. The smallest absolute Gasteiger partial charge is 0.265 e. The molecule has 2 aromatic carbocycles. The van der Waals surface area contributed by atoms with Gasteiger partial charge in [-0.05, 0) is 47.8 Å². The number of hydrogen-bond donors (Lipinski definition) is 2. The van der Waals surface area contributed by atoms with Crippen molar-refractivity contribution in [2.45, 2.75) is 4.90 Å². The van der Waals surface area contributed by atoms with Crippen molar-refractivity contribution in [3.05, 3.63) is 74.9 Å². The van der Waals surface area contributed by atoms with Crippen molar-refractivity contribution in [1.29, 1.82) is 0 Å². The summed E-state index contributed by atoms with van der Waals surface area (Å²) < 4.78 is 0. The number of benzene rings is 2. The maximum Gasteiger partial charge on any atom is 0.265 e. The highest BCUT2D eigenvalue weighted by molar-refractivity contribution is 8.00. The topological polar surface area (TPSA) is 58.2 Å². The Morgan fingerprint density at radius 1 is 0.963 bits per heavy atom. The fourth-order valence-electron chi connectivity index (χ4n) is 2.17. The lowest BCUT2D eigenvalue weighted by Gasteiger charge is -2.08. The van der Waals surface area contributed by atoms with Gasteiger partial charge in [-0.1, -0.05) is 35.3 Å². The molecule has 138 valence electrons. The fourth-order valence-corrected chi connectivity index (χ4v) is 3.84. The molecule has 27 heavy (non-hydrogen) atoms. The van der Waals surface area contributed by atoms with Crippen molar-refractivity contribution in [1.82, 2.24) is 0 Å². The van der Waals surface area contributed by atoms with Crippen LogP contribution in [0.25, 0.3) is 0 Å². The molecular formula is C19H14Cl2N2O2S2.